The van der Waals surface area contributed by atoms with Gasteiger partial charge in [-0.25, -0.2) is 9.78 Å². The van der Waals surface area contributed by atoms with E-state index in [2.05, 4.69) is 5.32 Å². The molecule has 0 spiro atoms. The molecule has 4 aliphatic rings. The van der Waals surface area contributed by atoms with Crippen LogP contribution in [0.15, 0.2) is 16.9 Å². The Labute approximate surface area is 206 Å². The number of fused-ring (bicyclic) bond motifs is 5. The summed E-state index contributed by atoms with van der Waals surface area (Å²) in [6.07, 6.45) is 4.34. The summed E-state index contributed by atoms with van der Waals surface area (Å²) in [5.41, 5.74) is 2.68. The molecule has 0 bridgehead atoms. The van der Waals surface area contributed by atoms with Gasteiger partial charge in [0.1, 0.15) is 6.61 Å². The van der Waals surface area contributed by atoms with Gasteiger partial charge in [0.2, 0.25) is 5.91 Å². The van der Waals surface area contributed by atoms with E-state index in [1.54, 1.807) is 29.7 Å². The number of nitrogens with one attached hydrogen (secondary N) is 1. The van der Waals surface area contributed by atoms with Crippen molar-refractivity contribution in [1.82, 2.24) is 14.9 Å². The minimum absolute atomic E-state index is 0.0653. The molecule has 0 fully saturated rings. The topological polar surface area (TPSA) is 140 Å². The lowest BCUT2D eigenvalue weighted by Gasteiger charge is -2.42. The van der Waals surface area contributed by atoms with Gasteiger partial charge >= 0.3 is 5.97 Å². The SMILES string of the molecule is CC[C@@]1(O)C(=O)OCc2c1cc1n(c2=O)Cc2c-1nc1c3c2CC(NC(C)=O)CC3C(O)(OC)C=C1. The number of aromatic nitrogens is 2. The molecule has 2 aliphatic heterocycles. The van der Waals surface area contributed by atoms with E-state index < -0.39 is 23.3 Å². The van der Waals surface area contributed by atoms with Gasteiger partial charge in [-0.2, -0.15) is 0 Å². The third kappa shape index (κ3) is 2.95. The van der Waals surface area contributed by atoms with Gasteiger partial charge < -0.3 is 29.6 Å². The fourth-order valence-electron chi connectivity index (χ4n) is 6.28. The van der Waals surface area contributed by atoms with Crippen molar-refractivity contribution in [3.05, 3.63) is 56.0 Å². The number of esters is 1. The van der Waals surface area contributed by atoms with E-state index in [0.29, 0.717) is 29.9 Å². The molecule has 6 rings (SSSR count). The molecule has 4 atom stereocenters. The quantitative estimate of drug-likeness (QED) is 0.360. The summed E-state index contributed by atoms with van der Waals surface area (Å²) >= 11 is 0. The van der Waals surface area contributed by atoms with Gasteiger partial charge in [0.25, 0.3) is 5.56 Å². The Morgan fingerprint density at radius 1 is 1.31 bits per heavy atom. The third-order valence-corrected chi connectivity index (χ3v) is 8.12. The normalized spacial score (nSPS) is 29.1. The van der Waals surface area contributed by atoms with Gasteiger partial charge in [0.15, 0.2) is 11.4 Å². The third-order valence-electron chi connectivity index (χ3n) is 8.12. The zero-order valence-corrected chi connectivity index (χ0v) is 20.3. The summed E-state index contributed by atoms with van der Waals surface area (Å²) in [5.74, 6) is -2.94. The average molecular weight is 494 g/mol. The molecule has 0 saturated carbocycles. The molecule has 10 heteroatoms. The summed E-state index contributed by atoms with van der Waals surface area (Å²) in [5, 5.41) is 25.3. The zero-order chi connectivity index (χ0) is 25.6. The Bertz CT molecular complexity index is 1440. The number of cyclic esters (lactones) is 1. The molecule has 4 heterocycles. The van der Waals surface area contributed by atoms with E-state index in [4.69, 9.17) is 14.5 Å². The second-order valence-corrected chi connectivity index (χ2v) is 10.00. The molecular formula is C26H27N3O7. The van der Waals surface area contributed by atoms with Crippen molar-refractivity contribution in [1.29, 1.82) is 0 Å². The summed E-state index contributed by atoms with van der Waals surface area (Å²) in [7, 11) is 1.44. The van der Waals surface area contributed by atoms with Crippen LogP contribution in [0.5, 0.6) is 0 Å². The Kier molecular flexibility index (Phi) is 4.86. The fourth-order valence-corrected chi connectivity index (χ4v) is 6.28. The predicted molar refractivity (Wildman–Crippen MR) is 127 cm³/mol. The largest absolute Gasteiger partial charge is 0.458 e. The van der Waals surface area contributed by atoms with Crippen molar-refractivity contribution in [3.63, 3.8) is 0 Å². The number of amides is 1. The highest BCUT2D eigenvalue weighted by Gasteiger charge is 2.48. The number of nitrogens with zero attached hydrogens (tertiary/aromatic N) is 2. The lowest BCUT2D eigenvalue weighted by Crippen LogP contribution is -2.47. The molecule has 2 aromatic rings. The number of pyridine rings is 2. The van der Waals surface area contributed by atoms with E-state index in [1.807, 2.05) is 0 Å². The number of hydrogen-bond donors (Lipinski definition) is 3. The summed E-state index contributed by atoms with van der Waals surface area (Å²) in [4.78, 5) is 42.8. The second-order valence-electron chi connectivity index (χ2n) is 10.00. The van der Waals surface area contributed by atoms with Crippen LogP contribution in [0.4, 0.5) is 0 Å². The van der Waals surface area contributed by atoms with Crippen LogP contribution in [0, 0.1) is 0 Å². The summed E-state index contributed by atoms with van der Waals surface area (Å²) < 4.78 is 12.2. The van der Waals surface area contributed by atoms with Crippen molar-refractivity contribution in [2.75, 3.05) is 7.11 Å². The standard InChI is InChI=1S/C26H27N3O7/c1-4-25(33)17-9-20-22-15(10-29(20)23(31)16(17)11-36-24(25)32)14-7-13(27-12(2)30)8-18-21(14)19(28-22)5-6-26(18,34)35-3/h5-6,9,13,18,33-34H,4,7-8,10-11H2,1-3H3,(H,27,30)/t13?,18?,25-,26?/m0/s1. The van der Waals surface area contributed by atoms with Gasteiger partial charge in [-0.3, -0.25) is 9.59 Å². The number of aliphatic hydroxyl groups is 2. The molecule has 0 aromatic carbocycles. The molecule has 0 saturated heterocycles. The van der Waals surface area contributed by atoms with Crippen molar-refractivity contribution >= 4 is 18.0 Å². The van der Waals surface area contributed by atoms with Gasteiger partial charge in [0, 0.05) is 37.1 Å². The van der Waals surface area contributed by atoms with Crippen LogP contribution >= 0.6 is 0 Å². The van der Waals surface area contributed by atoms with Crippen LogP contribution in [-0.2, 0) is 44.2 Å². The van der Waals surface area contributed by atoms with Gasteiger partial charge in [0.05, 0.1) is 29.2 Å². The molecule has 2 aliphatic carbocycles. The first kappa shape index (κ1) is 23.1. The average Bonchev–Trinajstić information content (AvgIpc) is 3.23. The number of hydrogen-bond acceptors (Lipinski definition) is 8. The van der Waals surface area contributed by atoms with Gasteiger partial charge in [-0.1, -0.05) is 6.92 Å². The number of methoxy groups -OCH3 is 1. The lowest BCUT2D eigenvalue weighted by molar-refractivity contribution is -0.172. The minimum Gasteiger partial charge on any atom is -0.458 e. The van der Waals surface area contributed by atoms with Gasteiger partial charge in [-0.15, -0.1) is 0 Å². The predicted octanol–water partition coefficient (Wildman–Crippen LogP) is 0.823. The fraction of sp³-hybridized carbons (Fsp3) is 0.462. The van der Waals surface area contributed by atoms with Crippen LogP contribution in [0.25, 0.3) is 17.5 Å². The van der Waals surface area contributed by atoms with Crippen molar-refractivity contribution < 1.29 is 29.3 Å². The highest BCUT2D eigenvalue weighted by atomic mass is 16.6. The van der Waals surface area contributed by atoms with Crippen molar-refractivity contribution in [2.45, 2.75) is 69.6 Å². The summed E-state index contributed by atoms with van der Waals surface area (Å²) in [6, 6.07) is 1.44. The first-order valence-corrected chi connectivity index (χ1v) is 12.1. The van der Waals surface area contributed by atoms with E-state index in [0.717, 1.165) is 16.7 Å². The highest BCUT2D eigenvalue weighted by molar-refractivity contribution is 5.84. The molecule has 3 unspecified atom stereocenters. The Morgan fingerprint density at radius 2 is 2.08 bits per heavy atom. The Hall–Kier alpha value is -3.34. The van der Waals surface area contributed by atoms with Crippen LogP contribution in [0.3, 0.4) is 0 Å². The lowest BCUT2D eigenvalue weighted by atomic mass is 9.71. The maximum absolute atomic E-state index is 13.5. The first-order valence-electron chi connectivity index (χ1n) is 12.1. The van der Waals surface area contributed by atoms with Crippen LogP contribution in [0.1, 0.15) is 66.1 Å². The second kappa shape index (κ2) is 7.58. The van der Waals surface area contributed by atoms with Crippen LogP contribution < -0.4 is 10.9 Å². The zero-order valence-electron chi connectivity index (χ0n) is 20.3. The number of carbonyl (C=O) groups excluding carboxylic acids is 2. The maximum atomic E-state index is 13.5. The Morgan fingerprint density at radius 3 is 2.78 bits per heavy atom. The van der Waals surface area contributed by atoms with E-state index in [-0.39, 0.29) is 48.2 Å². The smallest absolute Gasteiger partial charge is 0.343 e. The van der Waals surface area contributed by atoms with Crippen molar-refractivity contribution in [2.24, 2.45) is 0 Å². The maximum Gasteiger partial charge on any atom is 0.343 e. The molecule has 0 radical (unpaired) electrons. The molecule has 2 aromatic heterocycles. The van der Waals surface area contributed by atoms with Crippen molar-refractivity contribution in [3.8, 4) is 11.4 Å². The number of rotatable bonds is 3. The molecule has 1 amide bonds. The Balaban J connectivity index is 1.58. The van der Waals surface area contributed by atoms with Crippen LogP contribution in [0.2, 0.25) is 0 Å². The van der Waals surface area contributed by atoms with Gasteiger partial charge in [-0.05, 0) is 48.6 Å². The van der Waals surface area contributed by atoms with E-state index in [1.165, 1.54) is 14.0 Å². The highest BCUT2D eigenvalue weighted by Crippen LogP contribution is 2.49. The molecular weight excluding hydrogens is 466 g/mol. The number of ether oxygens (including phenoxy) is 2. The summed E-state index contributed by atoms with van der Waals surface area (Å²) in [6.45, 7) is 3.18. The van der Waals surface area contributed by atoms with E-state index >= 15 is 0 Å². The monoisotopic (exact) mass is 493 g/mol. The van der Waals surface area contributed by atoms with Crippen LogP contribution in [-0.4, -0.2) is 50.6 Å². The number of carbonyl (C=O) groups is 2. The molecule has 36 heavy (non-hydrogen) atoms. The van der Waals surface area contributed by atoms with E-state index in [9.17, 15) is 24.6 Å². The molecule has 10 nitrogen and oxygen atoms in total. The first-order chi connectivity index (χ1) is 17.1. The molecule has 188 valence electrons. The molecule has 3 N–H and O–H groups in total. The minimum atomic E-state index is -1.90.